The first kappa shape index (κ1) is 13.4. The number of carbonyl (C=O) groups is 1. The molecule has 0 bridgehead atoms. The van der Waals surface area contributed by atoms with E-state index in [2.05, 4.69) is 4.98 Å². The zero-order valence-corrected chi connectivity index (χ0v) is 12.1. The van der Waals surface area contributed by atoms with E-state index in [1.54, 1.807) is 49.5 Å². The molecule has 0 aliphatic heterocycles. The lowest BCUT2D eigenvalue weighted by atomic mass is 10.2. The van der Waals surface area contributed by atoms with E-state index in [1.165, 1.54) is 16.2 Å². The lowest BCUT2D eigenvalue weighted by molar-refractivity contribution is 0.0993. The first-order valence-electron chi connectivity index (χ1n) is 6.28. The van der Waals surface area contributed by atoms with Crippen molar-refractivity contribution in [2.75, 3.05) is 17.7 Å². The predicted octanol–water partition coefficient (Wildman–Crippen LogP) is 2.86. The number of fused-ring (bicyclic) bond motifs is 1. The number of rotatable bonds is 2. The summed E-state index contributed by atoms with van der Waals surface area (Å²) < 4.78 is 0.887. The summed E-state index contributed by atoms with van der Waals surface area (Å²) in [5, 5.41) is 9.78. The van der Waals surface area contributed by atoms with Crippen molar-refractivity contribution >= 4 is 38.3 Å². The van der Waals surface area contributed by atoms with Gasteiger partial charge in [-0.1, -0.05) is 11.3 Å². The summed E-state index contributed by atoms with van der Waals surface area (Å²) in [4.78, 5) is 18.2. The Bertz CT molecular complexity index is 811. The molecule has 3 rings (SSSR count). The number of nitrogen functional groups attached to an aromatic ring is 1. The smallest absolute Gasteiger partial charge is 0.258 e. The van der Waals surface area contributed by atoms with E-state index in [9.17, 15) is 9.90 Å². The molecule has 3 N–H and O–H groups in total. The van der Waals surface area contributed by atoms with Crippen molar-refractivity contribution in [3.8, 4) is 5.75 Å². The number of phenols is 1. The molecule has 0 atom stereocenters. The maximum Gasteiger partial charge on any atom is 0.258 e. The van der Waals surface area contributed by atoms with Crippen LogP contribution < -0.4 is 10.6 Å². The second-order valence-corrected chi connectivity index (χ2v) is 5.68. The van der Waals surface area contributed by atoms with Crippen molar-refractivity contribution in [3.63, 3.8) is 0 Å². The number of carbonyl (C=O) groups excluding carboxylic acids is 1. The molecule has 1 aromatic heterocycles. The quantitative estimate of drug-likeness (QED) is 0.762. The van der Waals surface area contributed by atoms with Crippen molar-refractivity contribution in [1.82, 2.24) is 4.98 Å². The zero-order valence-electron chi connectivity index (χ0n) is 11.3. The van der Waals surface area contributed by atoms with Gasteiger partial charge >= 0.3 is 0 Å². The van der Waals surface area contributed by atoms with Gasteiger partial charge in [-0.15, -0.1) is 0 Å². The van der Waals surface area contributed by atoms with Crippen LogP contribution in [0.15, 0.2) is 42.5 Å². The molecule has 0 spiro atoms. The van der Waals surface area contributed by atoms with E-state index in [-0.39, 0.29) is 11.7 Å². The summed E-state index contributed by atoms with van der Waals surface area (Å²) in [5.41, 5.74) is 7.74. The van der Waals surface area contributed by atoms with Crippen LogP contribution in [0.3, 0.4) is 0 Å². The molecule has 1 amide bonds. The highest BCUT2D eigenvalue weighted by atomic mass is 32.1. The Morgan fingerprint density at radius 3 is 2.67 bits per heavy atom. The molecule has 0 fully saturated rings. The minimum Gasteiger partial charge on any atom is -0.508 e. The summed E-state index contributed by atoms with van der Waals surface area (Å²) in [5.74, 6) is 0.0377. The number of hydrogen-bond acceptors (Lipinski definition) is 5. The number of aromatic hydroxyl groups is 1. The van der Waals surface area contributed by atoms with Crippen molar-refractivity contribution < 1.29 is 9.90 Å². The standard InChI is InChI=1S/C15H13N3O2S/c1-18(10-3-5-11(19)6-4-10)14(20)9-2-7-12-13(8-9)21-15(16)17-12/h2-8,19H,1H3,(H2,16,17). The molecule has 0 aliphatic rings. The summed E-state index contributed by atoms with van der Waals surface area (Å²) in [6.07, 6.45) is 0. The van der Waals surface area contributed by atoms with Gasteiger partial charge in [-0.2, -0.15) is 0 Å². The predicted molar refractivity (Wildman–Crippen MR) is 84.9 cm³/mol. The van der Waals surface area contributed by atoms with Crippen molar-refractivity contribution in [2.45, 2.75) is 0 Å². The van der Waals surface area contributed by atoms with Gasteiger partial charge in [0, 0.05) is 18.3 Å². The summed E-state index contributed by atoms with van der Waals surface area (Å²) in [7, 11) is 1.69. The van der Waals surface area contributed by atoms with Crippen LogP contribution >= 0.6 is 11.3 Å². The van der Waals surface area contributed by atoms with Gasteiger partial charge in [0.25, 0.3) is 5.91 Å². The molecule has 21 heavy (non-hydrogen) atoms. The Labute approximate surface area is 125 Å². The first-order chi connectivity index (χ1) is 10.0. The number of hydrogen-bond donors (Lipinski definition) is 2. The number of nitrogens with zero attached hydrogens (tertiary/aromatic N) is 2. The van der Waals surface area contributed by atoms with Crippen molar-refractivity contribution in [2.24, 2.45) is 0 Å². The molecular weight excluding hydrogens is 286 g/mol. The molecule has 6 heteroatoms. The summed E-state index contributed by atoms with van der Waals surface area (Å²) in [6.45, 7) is 0. The van der Waals surface area contributed by atoms with Crippen LogP contribution in [0.1, 0.15) is 10.4 Å². The number of aromatic nitrogens is 1. The molecule has 5 nitrogen and oxygen atoms in total. The SMILES string of the molecule is CN(C(=O)c1ccc2nc(N)sc2c1)c1ccc(O)cc1. The summed E-state index contributed by atoms with van der Waals surface area (Å²) >= 11 is 1.36. The van der Waals surface area contributed by atoms with E-state index in [4.69, 9.17) is 5.73 Å². The molecule has 2 aromatic carbocycles. The fourth-order valence-electron chi connectivity index (χ4n) is 2.06. The monoisotopic (exact) mass is 299 g/mol. The van der Waals surface area contributed by atoms with E-state index in [0.717, 1.165) is 10.2 Å². The van der Waals surface area contributed by atoms with Crippen LogP contribution in [0.5, 0.6) is 5.75 Å². The molecule has 0 radical (unpaired) electrons. The number of nitrogens with two attached hydrogens (primary N) is 1. The fraction of sp³-hybridized carbons (Fsp3) is 0.0667. The third kappa shape index (κ3) is 2.53. The minimum absolute atomic E-state index is 0.130. The maximum absolute atomic E-state index is 12.5. The van der Waals surface area contributed by atoms with Gasteiger partial charge in [0.15, 0.2) is 5.13 Å². The molecule has 3 aromatic rings. The first-order valence-corrected chi connectivity index (χ1v) is 7.09. The molecule has 0 saturated carbocycles. The molecule has 0 aliphatic carbocycles. The Morgan fingerprint density at radius 2 is 1.95 bits per heavy atom. The lowest BCUT2D eigenvalue weighted by Gasteiger charge is -2.17. The molecule has 106 valence electrons. The van der Waals surface area contributed by atoms with Crippen LogP contribution in [0, 0.1) is 0 Å². The number of anilines is 2. The Balaban J connectivity index is 1.93. The highest BCUT2D eigenvalue weighted by Gasteiger charge is 2.14. The second kappa shape index (κ2) is 5.06. The Kier molecular flexibility index (Phi) is 3.23. The normalized spacial score (nSPS) is 10.7. The van der Waals surface area contributed by atoms with Crippen LogP contribution in [-0.4, -0.2) is 23.0 Å². The molecule has 0 unspecified atom stereocenters. The molecule has 1 heterocycles. The van der Waals surface area contributed by atoms with Crippen LogP contribution in [-0.2, 0) is 0 Å². The van der Waals surface area contributed by atoms with E-state index >= 15 is 0 Å². The van der Waals surface area contributed by atoms with E-state index in [0.29, 0.717) is 16.4 Å². The third-order valence-electron chi connectivity index (χ3n) is 3.19. The van der Waals surface area contributed by atoms with Gasteiger partial charge in [0.05, 0.1) is 10.2 Å². The lowest BCUT2D eigenvalue weighted by Crippen LogP contribution is -2.25. The van der Waals surface area contributed by atoms with Crippen LogP contribution in [0.25, 0.3) is 10.2 Å². The third-order valence-corrected chi connectivity index (χ3v) is 4.04. The van der Waals surface area contributed by atoms with Gasteiger partial charge < -0.3 is 15.7 Å². The maximum atomic E-state index is 12.5. The van der Waals surface area contributed by atoms with Gasteiger partial charge in [-0.3, -0.25) is 4.79 Å². The number of phenolic OH excluding ortho intramolecular Hbond substituents is 1. The van der Waals surface area contributed by atoms with Crippen molar-refractivity contribution in [3.05, 3.63) is 48.0 Å². The van der Waals surface area contributed by atoms with Gasteiger partial charge in [-0.05, 0) is 42.5 Å². The van der Waals surface area contributed by atoms with Crippen LogP contribution in [0.4, 0.5) is 10.8 Å². The number of amides is 1. The highest BCUT2D eigenvalue weighted by Crippen LogP contribution is 2.26. The summed E-state index contributed by atoms with van der Waals surface area (Å²) in [6, 6.07) is 11.8. The number of thiazole rings is 1. The number of benzene rings is 2. The average molecular weight is 299 g/mol. The Morgan fingerprint density at radius 1 is 1.24 bits per heavy atom. The largest absolute Gasteiger partial charge is 0.508 e. The highest BCUT2D eigenvalue weighted by molar-refractivity contribution is 7.22. The minimum atomic E-state index is -0.130. The van der Waals surface area contributed by atoms with E-state index < -0.39 is 0 Å². The fourth-order valence-corrected chi connectivity index (χ4v) is 2.84. The van der Waals surface area contributed by atoms with Gasteiger partial charge in [-0.25, -0.2) is 4.98 Å². The zero-order chi connectivity index (χ0) is 15.0. The second-order valence-electron chi connectivity index (χ2n) is 4.62. The van der Waals surface area contributed by atoms with Crippen molar-refractivity contribution in [1.29, 1.82) is 0 Å². The van der Waals surface area contributed by atoms with Crippen LogP contribution in [0.2, 0.25) is 0 Å². The molecular formula is C15H13N3O2S. The van der Waals surface area contributed by atoms with Gasteiger partial charge in [0.1, 0.15) is 5.75 Å². The molecule has 0 saturated heterocycles. The Hall–Kier alpha value is -2.60. The van der Waals surface area contributed by atoms with E-state index in [1.807, 2.05) is 0 Å². The average Bonchev–Trinajstić information content (AvgIpc) is 2.85. The topological polar surface area (TPSA) is 79.5 Å². The van der Waals surface area contributed by atoms with Gasteiger partial charge in [0.2, 0.25) is 0 Å².